The predicted molar refractivity (Wildman–Crippen MR) is 128 cm³/mol. The zero-order valence-corrected chi connectivity index (χ0v) is 20.0. The lowest BCUT2D eigenvalue weighted by atomic mass is 9.87. The largest absolute Gasteiger partial charge is 0.481 e. The molecule has 2 atom stereocenters. The molecular weight excluding hydrogens is 400 g/mol. The lowest BCUT2D eigenvalue weighted by Gasteiger charge is -2.38. The van der Waals surface area contributed by atoms with E-state index in [9.17, 15) is 9.59 Å². The first-order chi connectivity index (χ1) is 15.3. The Morgan fingerprint density at radius 1 is 1.12 bits per heavy atom. The number of likely N-dealkylation sites (N-methyl/N-ethyl adjacent to an activating group) is 1. The van der Waals surface area contributed by atoms with Crippen molar-refractivity contribution in [2.24, 2.45) is 5.92 Å². The van der Waals surface area contributed by atoms with Gasteiger partial charge in [0.25, 0.3) is 5.91 Å². The monoisotopic (exact) mass is 436 g/mol. The standard InChI is InChI=1S/C27H36N2O3/c1-6-24(27(31)28-7-2)32-22-13-12-20-14-15-29(25(30)16-18(3)4)26(23(20)17-22)21-10-8-19(5)9-11-21/h8-13,17-18,24,26H,6-7,14-16H2,1-5H3,(H,28,31). The van der Waals surface area contributed by atoms with Crippen LogP contribution in [-0.2, 0) is 16.0 Å². The van der Waals surface area contributed by atoms with E-state index in [4.69, 9.17) is 4.74 Å². The summed E-state index contributed by atoms with van der Waals surface area (Å²) in [6.45, 7) is 11.3. The van der Waals surface area contributed by atoms with Crippen LogP contribution in [0.1, 0.15) is 68.8 Å². The Morgan fingerprint density at radius 2 is 1.84 bits per heavy atom. The molecule has 0 aliphatic carbocycles. The van der Waals surface area contributed by atoms with Gasteiger partial charge in [0, 0.05) is 19.5 Å². The summed E-state index contributed by atoms with van der Waals surface area (Å²) in [6, 6.07) is 14.3. The van der Waals surface area contributed by atoms with Crippen LogP contribution in [0.25, 0.3) is 0 Å². The third-order valence-electron chi connectivity index (χ3n) is 5.93. The molecule has 1 N–H and O–H groups in total. The van der Waals surface area contributed by atoms with Gasteiger partial charge >= 0.3 is 0 Å². The van der Waals surface area contributed by atoms with Crippen LogP contribution in [0.4, 0.5) is 0 Å². The predicted octanol–water partition coefficient (Wildman–Crippen LogP) is 4.81. The SMILES string of the molecule is CCNC(=O)C(CC)Oc1ccc2c(c1)C(c1ccc(C)cc1)N(C(=O)CC(C)C)CC2. The van der Waals surface area contributed by atoms with E-state index in [2.05, 4.69) is 56.4 Å². The Balaban J connectivity index is 1.99. The molecule has 0 spiro atoms. The van der Waals surface area contributed by atoms with Crippen molar-refractivity contribution >= 4 is 11.8 Å². The molecule has 0 saturated carbocycles. The van der Waals surface area contributed by atoms with Crippen molar-refractivity contribution in [1.29, 1.82) is 0 Å². The Bertz CT molecular complexity index is 936. The Labute approximate surface area is 192 Å². The van der Waals surface area contributed by atoms with Gasteiger partial charge < -0.3 is 15.0 Å². The number of benzene rings is 2. The molecule has 0 fully saturated rings. The molecule has 1 heterocycles. The van der Waals surface area contributed by atoms with Crippen molar-refractivity contribution in [3.05, 3.63) is 64.7 Å². The number of aryl methyl sites for hydroxylation is 1. The maximum atomic E-state index is 13.2. The number of amides is 2. The summed E-state index contributed by atoms with van der Waals surface area (Å²) in [5, 5.41) is 2.84. The average molecular weight is 437 g/mol. The highest BCUT2D eigenvalue weighted by Crippen LogP contribution is 2.38. The second kappa shape index (κ2) is 10.7. The molecule has 1 aliphatic heterocycles. The van der Waals surface area contributed by atoms with Crippen LogP contribution in [0, 0.1) is 12.8 Å². The van der Waals surface area contributed by atoms with Crippen molar-refractivity contribution in [2.75, 3.05) is 13.1 Å². The number of hydrogen-bond acceptors (Lipinski definition) is 3. The average Bonchev–Trinajstić information content (AvgIpc) is 2.76. The van der Waals surface area contributed by atoms with Crippen LogP contribution in [0.15, 0.2) is 42.5 Å². The number of nitrogens with one attached hydrogen (secondary N) is 1. The van der Waals surface area contributed by atoms with Crippen LogP contribution >= 0.6 is 0 Å². The van der Waals surface area contributed by atoms with Gasteiger partial charge in [-0.25, -0.2) is 0 Å². The molecule has 0 aromatic heterocycles. The van der Waals surface area contributed by atoms with Gasteiger partial charge in [0.05, 0.1) is 6.04 Å². The number of carbonyl (C=O) groups is 2. The molecule has 5 nitrogen and oxygen atoms in total. The zero-order chi connectivity index (χ0) is 23.3. The van der Waals surface area contributed by atoms with E-state index in [1.54, 1.807) is 0 Å². The second-order valence-corrected chi connectivity index (χ2v) is 9.02. The maximum absolute atomic E-state index is 13.2. The first-order valence-electron chi connectivity index (χ1n) is 11.8. The van der Waals surface area contributed by atoms with E-state index in [-0.39, 0.29) is 17.9 Å². The first kappa shape index (κ1) is 23.8. The van der Waals surface area contributed by atoms with E-state index in [1.165, 1.54) is 11.1 Å². The Morgan fingerprint density at radius 3 is 2.47 bits per heavy atom. The quantitative estimate of drug-likeness (QED) is 0.646. The van der Waals surface area contributed by atoms with Crippen LogP contribution in [0.5, 0.6) is 5.75 Å². The van der Waals surface area contributed by atoms with Crippen LogP contribution in [-0.4, -0.2) is 35.9 Å². The van der Waals surface area contributed by atoms with Gasteiger partial charge in [-0.2, -0.15) is 0 Å². The van der Waals surface area contributed by atoms with E-state index in [0.717, 1.165) is 17.5 Å². The van der Waals surface area contributed by atoms with Crippen molar-refractivity contribution in [1.82, 2.24) is 10.2 Å². The third-order valence-corrected chi connectivity index (χ3v) is 5.93. The third kappa shape index (κ3) is 5.50. The Kier molecular flexibility index (Phi) is 7.94. The van der Waals surface area contributed by atoms with Gasteiger partial charge in [-0.3, -0.25) is 9.59 Å². The minimum atomic E-state index is -0.534. The molecule has 5 heteroatoms. The fraction of sp³-hybridized carbons (Fsp3) is 0.481. The highest BCUT2D eigenvalue weighted by Gasteiger charge is 2.32. The number of ether oxygens (including phenoxy) is 1. The van der Waals surface area contributed by atoms with Crippen molar-refractivity contribution < 1.29 is 14.3 Å². The molecule has 2 amide bonds. The summed E-state index contributed by atoms with van der Waals surface area (Å²) in [5.74, 6) is 1.05. The Hall–Kier alpha value is -2.82. The summed E-state index contributed by atoms with van der Waals surface area (Å²) in [5.41, 5.74) is 4.60. The fourth-order valence-electron chi connectivity index (χ4n) is 4.28. The van der Waals surface area contributed by atoms with Crippen LogP contribution in [0.2, 0.25) is 0 Å². The van der Waals surface area contributed by atoms with Crippen LogP contribution in [0.3, 0.4) is 0 Å². The van der Waals surface area contributed by atoms with Gasteiger partial charge in [0.15, 0.2) is 6.10 Å². The van der Waals surface area contributed by atoms with E-state index in [0.29, 0.717) is 37.6 Å². The highest BCUT2D eigenvalue weighted by atomic mass is 16.5. The normalized spacial score (nSPS) is 16.4. The molecular formula is C27H36N2O3. The van der Waals surface area contributed by atoms with Gasteiger partial charge in [-0.1, -0.05) is 56.7 Å². The summed E-state index contributed by atoms with van der Waals surface area (Å²) in [6.07, 6.45) is 1.40. The van der Waals surface area contributed by atoms with Gasteiger partial charge in [-0.15, -0.1) is 0 Å². The number of fused-ring (bicyclic) bond motifs is 1. The molecule has 2 aromatic rings. The zero-order valence-electron chi connectivity index (χ0n) is 20.0. The second-order valence-electron chi connectivity index (χ2n) is 9.02. The number of hydrogen-bond donors (Lipinski definition) is 1. The van der Waals surface area contributed by atoms with Crippen molar-refractivity contribution in [3.63, 3.8) is 0 Å². The minimum absolute atomic E-state index is 0.100. The molecule has 0 bridgehead atoms. The summed E-state index contributed by atoms with van der Waals surface area (Å²) < 4.78 is 6.09. The molecule has 0 saturated heterocycles. The molecule has 2 aromatic carbocycles. The molecule has 0 radical (unpaired) electrons. The molecule has 1 aliphatic rings. The van der Waals surface area contributed by atoms with Gasteiger partial charge in [0.2, 0.25) is 5.91 Å². The number of rotatable bonds is 8. The molecule has 32 heavy (non-hydrogen) atoms. The van der Waals surface area contributed by atoms with E-state index < -0.39 is 6.10 Å². The molecule has 3 rings (SSSR count). The van der Waals surface area contributed by atoms with Crippen molar-refractivity contribution in [3.8, 4) is 5.75 Å². The van der Waals surface area contributed by atoms with E-state index >= 15 is 0 Å². The summed E-state index contributed by atoms with van der Waals surface area (Å²) in [7, 11) is 0. The fourth-order valence-corrected chi connectivity index (χ4v) is 4.28. The number of nitrogens with zero attached hydrogens (tertiary/aromatic N) is 1. The summed E-state index contributed by atoms with van der Waals surface area (Å²) in [4.78, 5) is 27.5. The lowest BCUT2D eigenvalue weighted by Crippen LogP contribution is -2.41. The summed E-state index contributed by atoms with van der Waals surface area (Å²) >= 11 is 0. The number of carbonyl (C=O) groups excluding carboxylic acids is 2. The van der Waals surface area contributed by atoms with Crippen molar-refractivity contribution in [2.45, 2.75) is 66.0 Å². The van der Waals surface area contributed by atoms with Crippen LogP contribution < -0.4 is 10.1 Å². The molecule has 2 unspecified atom stereocenters. The topological polar surface area (TPSA) is 58.6 Å². The van der Waals surface area contributed by atoms with Gasteiger partial charge in [-0.05, 0) is 61.4 Å². The molecule has 172 valence electrons. The first-order valence-corrected chi connectivity index (χ1v) is 11.8. The van der Waals surface area contributed by atoms with Gasteiger partial charge in [0.1, 0.15) is 5.75 Å². The highest BCUT2D eigenvalue weighted by molar-refractivity contribution is 5.81. The van der Waals surface area contributed by atoms with E-state index in [1.807, 2.05) is 30.9 Å². The minimum Gasteiger partial charge on any atom is -0.481 e. The smallest absolute Gasteiger partial charge is 0.261 e. The lowest BCUT2D eigenvalue weighted by molar-refractivity contribution is -0.134. The maximum Gasteiger partial charge on any atom is 0.261 e.